The largest absolute Gasteiger partial charge is 0.501 e. The molecule has 13 heteroatoms. The minimum absolute atomic E-state index is 0.121. The molecule has 1 aliphatic rings. The first kappa shape index (κ1) is 22.0. The molecule has 0 aromatic heterocycles. The predicted molar refractivity (Wildman–Crippen MR) is 96.7 cm³/mol. The van der Waals surface area contributed by atoms with Gasteiger partial charge in [0.15, 0.2) is 5.78 Å². The van der Waals surface area contributed by atoms with E-state index in [1.165, 1.54) is 6.07 Å². The molecule has 1 atom stereocenters. The summed E-state index contributed by atoms with van der Waals surface area (Å²) in [6.07, 6.45) is -2.21. The Hall–Kier alpha value is -2.67. The van der Waals surface area contributed by atoms with Crippen LogP contribution in [0.3, 0.4) is 0 Å². The number of benzene rings is 2. The van der Waals surface area contributed by atoms with E-state index in [0.29, 0.717) is 6.07 Å². The van der Waals surface area contributed by atoms with Crippen LogP contribution in [-0.4, -0.2) is 30.9 Å². The molecule has 160 valence electrons. The average molecular weight is 512 g/mol. The van der Waals surface area contributed by atoms with Gasteiger partial charge in [0.1, 0.15) is 17.3 Å². The maximum atomic E-state index is 13.6. The van der Waals surface area contributed by atoms with Crippen LogP contribution in [0.1, 0.15) is 28.4 Å². The minimum Gasteiger partial charge on any atom is -0.465 e. The lowest BCUT2D eigenvalue weighted by Crippen LogP contribution is -2.26. The molecule has 7 nitrogen and oxygen atoms in total. The number of rotatable bonds is 4. The number of amides is 1. The highest BCUT2D eigenvalue weighted by atomic mass is 79.9. The summed E-state index contributed by atoms with van der Waals surface area (Å²) in [4.78, 5) is 22.1. The van der Waals surface area contributed by atoms with Crippen LogP contribution in [-0.2, 0) is 9.84 Å². The minimum atomic E-state index is -5.91. The van der Waals surface area contributed by atoms with Gasteiger partial charge in [0.25, 0.3) is 9.84 Å². The van der Waals surface area contributed by atoms with E-state index >= 15 is 0 Å². The third kappa shape index (κ3) is 3.99. The Balaban J connectivity index is 2.23. The highest BCUT2D eigenvalue weighted by Gasteiger charge is 2.50. The van der Waals surface area contributed by atoms with Crippen molar-refractivity contribution in [1.29, 1.82) is 0 Å². The van der Waals surface area contributed by atoms with Crippen molar-refractivity contribution in [1.82, 2.24) is 5.32 Å². The second-order valence-electron chi connectivity index (χ2n) is 6.14. The van der Waals surface area contributed by atoms with Crippen molar-refractivity contribution in [2.45, 2.75) is 22.9 Å². The molecule has 2 aromatic carbocycles. The number of ether oxygens (including phenoxy) is 1. The van der Waals surface area contributed by atoms with Crippen LogP contribution in [0.15, 0.2) is 39.7 Å². The highest BCUT2D eigenvalue weighted by Crippen LogP contribution is 2.45. The van der Waals surface area contributed by atoms with Crippen molar-refractivity contribution in [2.24, 2.45) is 0 Å². The summed E-state index contributed by atoms with van der Waals surface area (Å²) in [5.41, 5.74) is -6.89. The fourth-order valence-corrected chi connectivity index (χ4v) is 4.46. The van der Waals surface area contributed by atoms with Gasteiger partial charge in [-0.2, -0.15) is 13.2 Å². The van der Waals surface area contributed by atoms with Crippen LogP contribution in [0, 0.1) is 5.82 Å². The van der Waals surface area contributed by atoms with Gasteiger partial charge in [0.2, 0.25) is 0 Å². The summed E-state index contributed by atoms with van der Waals surface area (Å²) in [6, 6.07) is 3.40. The summed E-state index contributed by atoms with van der Waals surface area (Å²) in [6.45, 7) is 0. The van der Waals surface area contributed by atoms with Crippen molar-refractivity contribution in [3.05, 3.63) is 51.7 Å². The van der Waals surface area contributed by atoms with Gasteiger partial charge in [-0.3, -0.25) is 4.79 Å². The first-order valence-corrected chi connectivity index (χ1v) is 10.2. The Kier molecular flexibility index (Phi) is 5.54. The van der Waals surface area contributed by atoms with Crippen LogP contribution < -0.4 is 10.1 Å². The number of carbonyl (C=O) groups excluding carboxylic acids is 1. The van der Waals surface area contributed by atoms with Crippen molar-refractivity contribution < 1.29 is 45.4 Å². The van der Waals surface area contributed by atoms with E-state index in [4.69, 9.17) is 9.84 Å². The van der Waals surface area contributed by atoms with E-state index in [-0.39, 0.29) is 21.5 Å². The molecule has 2 aromatic rings. The van der Waals surface area contributed by atoms with Crippen LogP contribution in [0.25, 0.3) is 0 Å². The molecule has 0 bridgehead atoms. The number of sulfone groups is 1. The zero-order chi connectivity index (χ0) is 22.4. The van der Waals surface area contributed by atoms with Gasteiger partial charge < -0.3 is 15.2 Å². The monoisotopic (exact) mass is 511 g/mol. The number of ketones is 1. The van der Waals surface area contributed by atoms with E-state index < -0.39 is 56.0 Å². The number of carboxylic acid groups (broad SMARTS) is 1. The highest BCUT2D eigenvalue weighted by molar-refractivity contribution is 9.10. The lowest BCUT2D eigenvalue weighted by molar-refractivity contribution is -0.0436. The fourth-order valence-electron chi connectivity index (χ4n) is 3.03. The third-order valence-electron chi connectivity index (χ3n) is 4.14. The topological polar surface area (TPSA) is 110 Å². The molecule has 0 radical (unpaired) electrons. The van der Waals surface area contributed by atoms with Crippen molar-refractivity contribution in [3.8, 4) is 11.5 Å². The zero-order valence-corrected chi connectivity index (χ0v) is 16.9. The molecule has 3 rings (SSSR count). The molecule has 0 fully saturated rings. The van der Waals surface area contributed by atoms with Crippen LogP contribution in [0.4, 0.5) is 22.4 Å². The van der Waals surface area contributed by atoms with Gasteiger partial charge in [0.05, 0.1) is 10.9 Å². The number of Topliss-reactive ketones (excluding diaryl/α,β-unsaturated/α-hetero) is 1. The van der Waals surface area contributed by atoms with Crippen LogP contribution in [0.2, 0.25) is 0 Å². The van der Waals surface area contributed by atoms with E-state index in [0.717, 1.165) is 18.2 Å². The number of halogens is 5. The van der Waals surface area contributed by atoms with Crippen molar-refractivity contribution >= 4 is 37.6 Å². The Morgan fingerprint density at radius 2 is 1.90 bits per heavy atom. The number of fused-ring (bicyclic) bond motifs is 1. The molecule has 1 aliphatic carbocycles. The summed E-state index contributed by atoms with van der Waals surface area (Å²) in [5, 5.41) is 10.9. The van der Waals surface area contributed by atoms with E-state index in [9.17, 15) is 35.6 Å². The summed E-state index contributed by atoms with van der Waals surface area (Å²) >= 11 is 3.03. The Labute approximate surface area is 174 Å². The smallest absolute Gasteiger partial charge is 0.465 e. The fraction of sp³-hybridized carbons (Fsp3) is 0.176. The Bertz CT molecular complexity index is 1150. The number of hydrogen-bond donors (Lipinski definition) is 2. The van der Waals surface area contributed by atoms with Gasteiger partial charge in [-0.05, 0) is 24.3 Å². The molecule has 2 N–H and O–H groups in total. The molecule has 1 unspecified atom stereocenters. The maximum Gasteiger partial charge on any atom is 0.501 e. The van der Waals surface area contributed by atoms with Crippen LogP contribution in [0.5, 0.6) is 11.5 Å². The van der Waals surface area contributed by atoms with Gasteiger partial charge in [0, 0.05) is 28.1 Å². The zero-order valence-electron chi connectivity index (χ0n) is 14.5. The Morgan fingerprint density at radius 3 is 2.47 bits per heavy atom. The second kappa shape index (κ2) is 7.54. The summed E-state index contributed by atoms with van der Waals surface area (Å²) < 4.78 is 82.4. The molecular weight excluding hydrogens is 502 g/mol. The second-order valence-corrected chi connectivity index (χ2v) is 8.96. The van der Waals surface area contributed by atoms with Crippen molar-refractivity contribution in [2.75, 3.05) is 0 Å². The van der Waals surface area contributed by atoms with E-state index in [1.807, 2.05) is 5.32 Å². The van der Waals surface area contributed by atoms with Gasteiger partial charge in [-0.15, -0.1) is 0 Å². The lowest BCUT2D eigenvalue weighted by atomic mass is 10.1. The first-order valence-electron chi connectivity index (χ1n) is 7.96. The van der Waals surface area contributed by atoms with Crippen molar-refractivity contribution in [3.63, 3.8) is 0 Å². The maximum absolute atomic E-state index is 13.6. The number of nitrogens with one attached hydrogen (secondary N) is 1. The van der Waals surface area contributed by atoms with Gasteiger partial charge in [-0.25, -0.2) is 17.6 Å². The molecule has 30 heavy (non-hydrogen) atoms. The normalized spacial score (nSPS) is 16.3. The molecule has 0 saturated heterocycles. The van der Waals surface area contributed by atoms with Crippen LogP contribution >= 0.6 is 15.9 Å². The quantitative estimate of drug-likeness (QED) is 0.582. The van der Waals surface area contributed by atoms with Gasteiger partial charge in [-0.1, -0.05) is 15.9 Å². The molecular formula is C17H10BrF4NO6S. The molecule has 0 aliphatic heterocycles. The average Bonchev–Trinajstić information content (AvgIpc) is 2.89. The summed E-state index contributed by atoms with van der Waals surface area (Å²) in [7, 11) is -5.91. The molecule has 1 amide bonds. The van der Waals surface area contributed by atoms with E-state index in [1.54, 1.807) is 0 Å². The van der Waals surface area contributed by atoms with Gasteiger partial charge >= 0.3 is 11.6 Å². The Morgan fingerprint density at radius 1 is 1.23 bits per heavy atom. The SMILES string of the molecule is O=C(O)NC1CC(=O)c2c(S(=O)(=O)C(F)(F)F)ccc(Oc3cc(F)cc(Br)c3)c21. The standard InChI is InChI=1S/C17H10BrF4NO6S/c18-7-3-8(19)5-9(4-7)29-12-1-2-13(30(27,28)17(20,21)22)15-11(24)6-10(14(12)15)23-16(25)26/h1-5,10,23H,6H2,(H,25,26). The number of hydrogen-bond acceptors (Lipinski definition) is 5. The van der Waals surface area contributed by atoms with E-state index in [2.05, 4.69) is 15.9 Å². The predicted octanol–water partition coefficient (Wildman–Crippen LogP) is 4.57. The third-order valence-corrected chi connectivity index (χ3v) is 6.13. The summed E-state index contributed by atoms with van der Waals surface area (Å²) in [5.74, 6) is -2.15. The molecule has 0 spiro atoms. The first-order chi connectivity index (χ1) is 13.8. The molecule has 0 saturated carbocycles. The number of alkyl halides is 3. The lowest BCUT2D eigenvalue weighted by Gasteiger charge is -2.18. The number of carbonyl (C=O) groups is 2. The molecule has 0 heterocycles.